The van der Waals surface area contributed by atoms with Crippen LogP contribution in [0.5, 0.6) is 0 Å². The van der Waals surface area contributed by atoms with Gasteiger partial charge in [0.15, 0.2) is 0 Å². The largest absolute Gasteiger partial charge is 0.334 e. The third kappa shape index (κ3) is 2.83. The summed E-state index contributed by atoms with van der Waals surface area (Å²) in [6, 6.07) is 8.91. The topological polar surface area (TPSA) is 17.8 Å². The Morgan fingerprint density at radius 1 is 1.11 bits per heavy atom. The molecule has 1 aromatic heterocycles. The van der Waals surface area contributed by atoms with Gasteiger partial charge in [0, 0.05) is 7.05 Å². The summed E-state index contributed by atoms with van der Waals surface area (Å²) in [6.07, 6.45) is 3.18. The van der Waals surface area contributed by atoms with E-state index in [0.29, 0.717) is 0 Å². The minimum absolute atomic E-state index is 0.979. The molecular formula is C15H19BrN2. The lowest BCUT2D eigenvalue weighted by Gasteiger charge is -2.05. The molecule has 96 valence electrons. The summed E-state index contributed by atoms with van der Waals surface area (Å²) in [5.41, 5.74) is 4.06. The number of rotatable bonds is 4. The van der Waals surface area contributed by atoms with Gasteiger partial charge in [0.05, 0.1) is 5.69 Å². The van der Waals surface area contributed by atoms with Crippen LogP contribution >= 0.6 is 15.9 Å². The number of hydrogen-bond acceptors (Lipinski definition) is 1. The van der Waals surface area contributed by atoms with Gasteiger partial charge in [0.1, 0.15) is 10.4 Å². The normalized spacial score (nSPS) is 10.9. The van der Waals surface area contributed by atoms with Crippen molar-refractivity contribution in [1.82, 2.24) is 9.55 Å². The van der Waals surface area contributed by atoms with Gasteiger partial charge in [-0.05, 0) is 53.2 Å². The molecule has 0 saturated heterocycles. The molecule has 2 aromatic rings. The van der Waals surface area contributed by atoms with Gasteiger partial charge in [-0.3, -0.25) is 0 Å². The standard InChI is InChI=1S/C15H19BrN2/c1-4-12-5-7-13(8-6-12)9-10-14-15(16)17-11(2)18(14)3/h5-8H,4,9-10H2,1-3H3. The predicted molar refractivity (Wildman–Crippen MR) is 78.9 cm³/mol. The highest BCUT2D eigenvalue weighted by Crippen LogP contribution is 2.18. The fourth-order valence-corrected chi connectivity index (χ4v) is 2.81. The van der Waals surface area contributed by atoms with Crippen molar-refractivity contribution < 1.29 is 0 Å². The minimum Gasteiger partial charge on any atom is -0.334 e. The summed E-state index contributed by atoms with van der Waals surface area (Å²) in [5.74, 6) is 1.05. The lowest BCUT2D eigenvalue weighted by Crippen LogP contribution is -2.01. The molecule has 0 bridgehead atoms. The molecule has 0 aliphatic carbocycles. The van der Waals surface area contributed by atoms with Crippen LogP contribution in [0, 0.1) is 6.92 Å². The average molecular weight is 307 g/mol. The molecule has 0 aliphatic heterocycles. The van der Waals surface area contributed by atoms with E-state index in [-0.39, 0.29) is 0 Å². The second-order valence-corrected chi connectivity index (χ2v) is 5.38. The highest BCUT2D eigenvalue weighted by atomic mass is 79.9. The Bertz CT molecular complexity index is 526. The number of benzene rings is 1. The summed E-state index contributed by atoms with van der Waals surface area (Å²) in [4.78, 5) is 4.43. The third-order valence-electron chi connectivity index (χ3n) is 3.47. The third-order valence-corrected chi connectivity index (χ3v) is 4.11. The van der Waals surface area contributed by atoms with Crippen LogP contribution in [0.25, 0.3) is 0 Å². The average Bonchev–Trinajstić information content (AvgIpc) is 2.62. The number of halogens is 1. The summed E-state index contributed by atoms with van der Waals surface area (Å²) in [7, 11) is 2.07. The predicted octanol–water partition coefficient (Wildman–Crippen LogP) is 3.84. The Balaban J connectivity index is 2.06. The van der Waals surface area contributed by atoms with E-state index in [1.165, 1.54) is 16.8 Å². The SMILES string of the molecule is CCc1ccc(CCc2c(Br)nc(C)n2C)cc1. The van der Waals surface area contributed by atoms with E-state index < -0.39 is 0 Å². The fourth-order valence-electron chi connectivity index (χ4n) is 2.09. The molecule has 0 saturated carbocycles. The highest BCUT2D eigenvalue weighted by Gasteiger charge is 2.09. The van der Waals surface area contributed by atoms with Crippen molar-refractivity contribution >= 4 is 15.9 Å². The van der Waals surface area contributed by atoms with Crippen LogP contribution < -0.4 is 0 Å². The van der Waals surface area contributed by atoms with Gasteiger partial charge in [-0.1, -0.05) is 31.2 Å². The summed E-state index contributed by atoms with van der Waals surface area (Å²) in [6.45, 7) is 4.22. The van der Waals surface area contributed by atoms with Crippen molar-refractivity contribution in [3.05, 3.63) is 51.5 Å². The van der Waals surface area contributed by atoms with Crippen LogP contribution in [0.3, 0.4) is 0 Å². The van der Waals surface area contributed by atoms with Crippen molar-refractivity contribution in [2.75, 3.05) is 0 Å². The quantitative estimate of drug-likeness (QED) is 0.839. The molecule has 0 amide bonds. The maximum atomic E-state index is 4.43. The Kier molecular flexibility index (Phi) is 4.23. The molecule has 0 radical (unpaired) electrons. The number of aryl methyl sites for hydroxylation is 3. The number of aromatic nitrogens is 2. The van der Waals surface area contributed by atoms with Gasteiger partial charge < -0.3 is 4.57 Å². The Morgan fingerprint density at radius 3 is 2.22 bits per heavy atom. The summed E-state index contributed by atoms with van der Waals surface area (Å²) >= 11 is 3.53. The fraction of sp³-hybridized carbons (Fsp3) is 0.400. The summed E-state index contributed by atoms with van der Waals surface area (Å²) in [5, 5.41) is 0. The molecule has 0 unspecified atom stereocenters. The zero-order valence-corrected chi connectivity index (χ0v) is 12.8. The number of imidazole rings is 1. The first-order valence-corrected chi connectivity index (χ1v) is 7.16. The molecule has 18 heavy (non-hydrogen) atoms. The van der Waals surface area contributed by atoms with Gasteiger partial charge >= 0.3 is 0 Å². The van der Waals surface area contributed by atoms with E-state index in [1.54, 1.807) is 0 Å². The van der Waals surface area contributed by atoms with E-state index >= 15 is 0 Å². The number of nitrogens with zero attached hydrogens (tertiary/aromatic N) is 2. The molecule has 3 heteroatoms. The zero-order valence-electron chi connectivity index (χ0n) is 11.2. The molecule has 1 heterocycles. The Labute approximate surface area is 117 Å². The molecule has 2 nitrogen and oxygen atoms in total. The lowest BCUT2D eigenvalue weighted by molar-refractivity contribution is 0.770. The smallest absolute Gasteiger partial charge is 0.127 e. The molecule has 0 N–H and O–H groups in total. The van der Waals surface area contributed by atoms with E-state index in [2.05, 4.69) is 63.7 Å². The van der Waals surface area contributed by atoms with Crippen LogP contribution in [0.2, 0.25) is 0 Å². The maximum Gasteiger partial charge on any atom is 0.127 e. The molecular weight excluding hydrogens is 288 g/mol. The van der Waals surface area contributed by atoms with E-state index in [0.717, 1.165) is 29.7 Å². The second kappa shape index (κ2) is 5.70. The molecule has 2 rings (SSSR count). The molecule has 0 aliphatic rings. The minimum atomic E-state index is 0.979. The van der Waals surface area contributed by atoms with E-state index in [4.69, 9.17) is 0 Å². The Hall–Kier alpha value is -1.09. The van der Waals surface area contributed by atoms with Gasteiger partial charge in [0.25, 0.3) is 0 Å². The van der Waals surface area contributed by atoms with Crippen molar-refractivity contribution in [2.24, 2.45) is 7.05 Å². The second-order valence-electron chi connectivity index (χ2n) is 4.63. The van der Waals surface area contributed by atoms with Crippen LogP contribution in [-0.4, -0.2) is 9.55 Å². The molecule has 0 spiro atoms. The first kappa shape index (κ1) is 13.3. The maximum absolute atomic E-state index is 4.43. The van der Waals surface area contributed by atoms with E-state index in [9.17, 15) is 0 Å². The van der Waals surface area contributed by atoms with Crippen LogP contribution in [0.15, 0.2) is 28.9 Å². The van der Waals surface area contributed by atoms with Crippen molar-refractivity contribution in [1.29, 1.82) is 0 Å². The molecule has 1 aromatic carbocycles. The van der Waals surface area contributed by atoms with Gasteiger partial charge in [-0.15, -0.1) is 0 Å². The molecule has 0 fully saturated rings. The van der Waals surface area contributed by atoms with Crippen LogP contribution in [-0.2, 0) is 26.3 Å². The highest BCUT2D eigenvalue weighted by molar-refractivity contribution is 9.10. The van der Waals surface area contributed by atoms with Gasteiger partial charge in [-0.2, -0.15) is 0 Å². The van der Waals surface area contributed by atoms with Crippen LogP contribution in [0.4, 0.5) is 0 Å². The first-order valence-electron chi connectivity index (χ1n) is 6.37. The van der Waals surface area contributed by atoms with Crippen LogP contribution in [0.1, 0.15) is 29.6 Å². The Morgan fingerprint density at radius 2 is 1.72 bits per heavy atom. The van der Waals surface area contributed by atoms with Crippen molar-refractivity contribution in [3.63, 3.8) is 0 Å². The first-order chi connectivity index (χ1) is 8.61. The zero-order chi connectivity index (χ0) is 13.1. The van der Waals surface area contributed by atoms with Gasteiger partial charge in [-0.25, -0.2) is 4.98 Å². The summed E-state index contributed by atoms with van der Waals surface area (Å²) < 4.78 is 3.14. The van der Waals surface area contributed by atoms with Crippen molar-refractivity contribution in [2.45, 2.75) is 33.1 Å². The number of hydrogen-bond donors (Lipinski definition) is 0. The monoisotopic (exact) mass is 306 g/mol. The van der Waals surface area contributed by atoms with Crippen molar-refractivity contribution in [3.8, 4) is 0 Å². The molecule has 0 atom stereocenters. The van der Waals surface area contributed by atoms with E-state index in [1.807, 2.05) is 6.92 Å². The lowest BCUT2D eigenvalue weighted by atomic mass is 10.1. The van der Waals surface area contributed by atoms with Gasteiger partial charge in [0.2, 0.25) is 0 Å².